The number of likely N-dealkylation sites (tertiary alicyclic amines) is 2. The largest absolute Gasteiger partial charge is 0.393 e. The smallest absolute Gasteiger partial charge is 0.320 e. The summed E-state index contributed by atoms with van der Waals surface area (Å²) in [7, 11) is 0. The van der Waals surface area contributed by atoms with Crippen LogP contribution < -0.4 is 4.90 Å². The molecule has 33 heavy (non-hydrogen) atoms. The first kappa shape index (κ1) is 22.5. The molecule has 7 nitrogen and oxygen atoms in total. The molecule has 1 unspecified atom stereocenters. The van der Waals surface area contributed by atoms with Crippen molar-refractivity contribution in [3.63, 3.8) is 0 Å². The Bertz CT molecular complexity index is 876. The minimum Gasteiger partial charge on any atom is -0.393 e. The normalized spacial score (nSPS) is 30.9. The molecule has 1 aromatic carbocycles. The number of amides is 3. The summed E-state index contributed by atoms with van der Waals surface area (Å²) in [6.07, 6.45) is 5.83. The molecule has 7 heteroatoms. The molecule has 3 saturated heterocycles. The van der Waals surface area contributed by atoms with Gasteiger partial charge in [-0.3, -0.25) is 4.79 Å². The van der Waals surface area contributed by atoms with Gasteiger partial charge in [-0.1, -0.05) is 18.2 Å². The third-order valence-electron chi connectivity index (χ3n) is 8.51. The molecular formula is C26H38N4O3. The fraction of sp³-hybridized carbons (Fsp3) is 0.692. The first-order valence-corrected chi connectivity index (χ1v) is 12.8. The Morgan fingerprint density at radius 3 is 2.39 bits per heavy atom. The van der Waals surface area contributed by atoms with Crippen LogP contribution in [-0.4, -0.2) is 89.7 Å². The Morgan fingerprint density at radius 2 is 1.67 bits per heavy atom. The lowest BCUT2D eigenvalue weighted by molar-refractivity contribution is -0.141. The number of hydrogen-bond acceptors (Lipinski definition) is 4. The van der Waals surface area contributed by atoms with Crippen molar-refractivity contribution in [2.45, 2.75) is 64.0 Å². The molecule has 0 radical (unpaired) electrons. The van der Waals surface area contributed by atoms with Crippen molar-refractivity contribution in [1.29, 1.82) is 0 Å². The van der Waals surface area contributed by atoms with E-state index in [2.05, 4.69) is 41.0 Å². The number of hydrogen-bond donors (Lipinski definition) is 1. The van der Waals surface area contributed by atoms with Crippen molar-refractivity contribution in [3.8, 4) is 0 Å². The van der Waals surface area contributed by atoms with Crippen LogP contribution in [0.3, 0.4) is 0 Å². The standard InChI is InChI=1S/C26H38N4O3/c1-20-5-2-3-6-23(20)27-15-17-28(18-16-27)25(33)29-13-4-11-26(19-29)12-14-30(24(26)32)21-7-9-22(31)10-8-21/h2-3,5-6,21-22,31H,4,7-19H2,1H3. The number of aryl methyl sites for hydroxylation is 1. The minimum absolute atomic E-state index is 0.102. The van der Waals surface area contributed by atoms with Gasteiger partial charge in [0.25, 0.3) is 0 Å². The van der Waals surface area contributed by atoms with E-state index in [1.807, 2.05) is 9.80 Å². The van der Waals surface area contributed by atoms with E-state index in [-0.39, 0.29) is 24.1 Å². The Morgan fingerprint density at radius 1 is 0.939 bits per heavy atom. The van der Waals surface area contributed by atoms with E-state index in [0.29, 0.717) is 6.54 Å². The molecule has 4 aliphatic rings. The van der Waals surface area contributed by atoms with Gasteiger partial charge in [-0.2, -0.15) is 0 Å². The van der Waals surface area contributed by atoms with Crippen LogP contribution in [0.2, 0.25) is 0 Å². The number of carbonyl (C=O) groups is 2. The van der Waals surface area contributed by atoms with Crippen LogP contribution in [0.25, 0.3) is 0 Å². The Kier molecular flexibility index (Phi) is 6.25. The predicted molar refractivity (Wildman–Crippen MR) is 128 cm³/mol. The molecule has 1 spiro atoms. The van der Waals surface area contributed by atoms with E-state index in [1.54, 1.807) is 0 Å². The van der Waals surface area contributed by atoms with Gasteiger partial charge >= 0.3 is 6.03 Å². The second-order valence-corrected chi connectivity index (χ2v) is 10.6. The second-order valence-electron chi connectivity index (χ2n) is 10.6. The number of piperazine rings is 1. The molecule has 3 heterocycles. The van der Waals surface area contributed by atoms with Crippen LogP contribution in [0, 0.1) is 12.3 Å². The maximum absolute atomic E-state index is 13.5. The van der Waals surface area contributed by atoms with Crippen LogP contribution in [-0.2, 0) is 4.79 Å². The van der Waals surface area contributed by atoms with E-state index in [0.717, 1.165) is 84.2 Å². The molecule has 1 aliphatic carbocycles. The van der Waals surface area contributed by atoms with Crippen molar-refractivity contribution in [3.05, 3.63) is 29.8 Å². The van der Waals surface area contributed by atoms with Crippen LogP contribution in [0.1, 0.15) is 50.5 Å². The maximum Gasteiger partial charge on any atom is 0.320 e. The van der Waals surface area contributed by atoms with Crippen molar-refractivity contribution >= 4 is 17.6 Å². The van der Waals surface area contributed by atoms with E-state index in [1.165, 1.54) is 11.3 Å². The van der Waals surface area contributed by atoms with E-state index in [9.17, 15) is 14.7 Å². The molecule has 4 fully saturated rings. The number of anilines is 1. The molecule has 0 bridgehead atoms. The summed E-state index contributed by atoms with van der Waals surface area (Å²) in [5.74, 6) is 0.255. The van der Waals surface area contributed by atoms with Crippen molar-refractivity contribution in [2.24, 2.45) is 5.41 Å². The predicted octanol–water partition coefficient (Wildman–Crippen LogP) is 2.86. The number of urea groups is 1. The van der Waals surface area contributed by atoms with E-state index in [4.69, 9.17) is 0 Å². The van der Waals surface area contributed by atoms with E-state index < -0.39 is 5.41 Å². The van der Waals surface area contributed by atoms with Crippen LogP contribution >= 0.6 is 0 Å². The first-order valence-electron chi connectivity index (χ1n) is 12.8. The van der Waals surface area contributed by atoms with Gasteiger partial charge in [-0.15, -0.1) is 0 Å². The van der Waals surface area contributed by atoms with Crippen LogP contribution in [0.5, 0.6) is 0 Å². The highest BCUT2D eigenvalue weighted by Crippen LogP contribution is 2.42. The number of aliphatic hydroxyl groups is 1. The van der Waals surface area contributed by atoms with Gasteiger partial charge in [0.15, 0.2) is 0 Å². The molecule has 3 amide bonds. The zero-order valence-corrected chi connectivity index (χ0v) is 19.9. The molecular weight excluding hydrogens is 416 g/mol. The average molecular weight is 455 g/mol. The lowest BCUT2D eigenvalue weighted by atomic mass is 9.78. The fourth-order valence-electron chi connectivity index (χ4n) is 6.50. The summed E-state index contributed by atoms with van der Waals surface area (Å²) < 4.78 is 0. The van der Waals surface area contributed by atoms with Crippen molar-refractivity contribution in [2.75, 3.05) is 50.7 Å². The van der Waals surface area contributed by atoms with Gasteiger partial charge in [0.1, 0.15) is 0 Å². The number of piperidine rings is 1. The maximum atomic E-state index is 13.5. The molecule has 1 aromatic rings. The number of benzene rings is 1. The number of para-hydroxylation sites is 1. The summed E-state index contributed by atoms with van der Waals surface area (Å²) in [5, 5.41) is 9.84. The number of nitrogens with zero attached hydrogens (tertiary/aromatic N) is 4. The van der Waals surface area contributed by atoms with Gasteiger partial charge in [0, 0.05) is 57.5 Å². The summed E-state index contributed by atoms with van der Waals surface area (Å²) in [5.41, 5.74) is 2.13. The molecule has 180 valence electrons. The Labute approximate surface area is 197 Å². The summed E-state index contributed by atoms with van der Waals surface area (Å²) >= 11 is 0. The zero-order chi connectivity index (χ0) is 23.0. The molecule has 0 aromatic heterocycles. The minimum atomic E-state index is -0.396. The summed E-state index contributed by atoms with van der Waals surface area (Å²) in [4.78, 5) is 35.3. The third-order valence-corrected chi connectivity index (χ3v) is 8.51. The van der Waals surface area contributed by atoms with Crippen LogP contribution in [0.15, 0.2) is 24.3 Å². The summed E-state index contributed by atoms with van der Waals surface area (Å²) in [6, 6.07) is 8.80. The van der Waals surface area contributed by atoms with Crippen molar-refractivity contribution in [1.82, 2.24) is 14.7 Å². The lowest BCUT2D eigenvalue weighted by Gasteiger charge is -2.43. The Hall–Kier alpha value is -2.28. The van der Waals surface area contributed by atoms with Gasteiger partial charge in [-0.05, 0) is 63.5 Å². The number of aliphatic hydroxyl groups excluding tert-OH is 1. The molecule has 5 rings (SSSR count). The highest BCUT2D eigenvalue weighted by Gasteiger charge is 2.51. The second kappa shape index (κ2) is 9.16. The molecule has 1 N–H and O–H groups in total. The quantitative estimate of drug-likeness (QED) is 0.746. The van der Waals surface area contributed by atoms with Gasteiger partial charge in [0.2, 0.25) is 5.91 Å². The molecule has 3 aliphatic heterocycles. The highest BCUT2D eigenvalue weighted by molar-refractivity contribution is 5.86. The Balaban J connectivity index is 1.19. The molecule has 1 saturated carbocycles. The van der Waals surface area contributed by atoms with Crippen molar-refractivity contribution < 1.29 is 14.7 Å². The van der Waals surface area contributed by atoms with Gasteiger partial charge in [0.05, 0.1) is 11.5 Å². The highest BCUT2D eigenvalue weighted by atomic mass is 16.3. The monoisotopic (exact) mass is 454 g/mol. The third kappa shape index (κ3) is 4.32. The topological polar surface area (TPSA) is 67.3 Å². The lowest BCUT2D eigenvalue weighted by Crippen LogP contribution is -2.57. The SMILES string of the molecule is Cc1ccccc1N1CCN(C(=O)N2CCCC3(CCN(C4CCC(O)CC4)C3=O)C2)CC1. The van der Waals surface area contributed by atoms with Crippen LogP contribution in [0.4, 0.5) is 10.5 Å². The zero-order valence-electron chi connectivity index (χ0n) is 19.9. The first-order chi connectivity index (χ1) is 16.0. The van der Waals surface area contributed by atoms with Gasteiger partial charge in [-0.25, -0.2) is 4.79 Å². The average Bonchev–Trinajstić information content (AvgIpc) is 3.14. The van der Waals surface area contributed by atoms with E-state index >= 15 is 0 Å². The number of carbonyl (C=O) groups excluding carboxylic acids is 2. The fourth-order valence-corrected chi connectivity index (χ4v) is 6.50. The summed E-state index contributed by atoms with van der Waals surface area (Å²) in [6.45, 7) is 7.39. The molecule has 1 atom stereocenters. The van der Waals surface area contributed by atoms with Gasteiger partial charge < -0.3 is 24.7 Å². The number of rotatable bonds is 2.